The summed E-state index contributed by atoms with van der Waals surface area (Å²) < 4.78 is 14.4. The Balaban J connectivity index is 1.55. The first kappa shape index (κ1) is 19.9. The van der Waals surface area contributed by atoms with Crippen LogP contribution in [-0.2, 0) is 6.42 Å². The van der Waals surface area contributed by atoms with Crippen LogP contribution in [0.1, 0.15) is 80.4 Å². The van der Waals surface area contributed by atoms with E-state index in [9.17, 15) is 9.59 Å². The third-order valence-electron chi connectivity index (χ3n) is 7.66. The van der Waals surface area contributed by atoms with Crippen molar-refractivity contribution in [3.8, 4) is 22.8 Å². The van der Waals surface area contributed by atoms with E-state index >= 15 is 0 Å². The molecular weight excluding hydrogens is 404 g/mol. The first-order valence-electron chi connectivity index (χ1n) is 11.9. The quantitative estimate of drug-likeness (QED) is 0.653. The van der Waals surface area contributed by atoms with E-state index in [4.69, 9.17) is 9.47 Å². The number of hydrogen-bond donors (Lipinski definition) is 0. The van der Waals surface area contributed by atoms with Gasteiger partial charge in [0.2, 0.25) is 0 Å². The van der Waals surface area contributed by atoms with Crippen molar-refractivity contribution in [3.63, 3.8) is 0 Å². The molecule has 0 spiro atoms. The largest absolute Gasteiger partial charge is 0.490 e. The van der Waals surface area contributed by atoms with Gasteiger partial charge in [-0.2, -0.15) is 0 Å². The second kappa shape index (κ2) is 6.87. The molecule has 0 unspecified atom stereocenters. The maximum atomic E-state index is 12.9. The molecule has 6 heteroatoms. The molecular formula is C26H30N2O4. The fourth-order valence-corrected chi connectivity index (χ4v) is 5.81. The molecule has 1 aromatic carbocycles. The molecule has 1 aromatic heterocycles. The number of fused-ring (bicyclic) bond motifs is 8. The molecule has 0 N–H and O–H groups in total. The summed E-state index contributed by atoms with van der Waals surface area (Å²) in [5.74, 6) is 2.30. The Kier molecular flexibility index (Phi) is 4.27. The van der Waals surface area contributed by atoms with Crippen LogP contribution in [0.15, 0.2) is 23.1 Å². The Morgan fingerprint density at radius 1 is 1.25 bits per heavy atom. The molecule has 1 atom stereocenters. The number of carbonyl (C=O) groups is 1. The number of aromatic nitrogens is 1. The van der Waals surface area contributed by atoms with Gasteiger partial charge in [-0.25, -0.2) is 0 Å². The predicted molar refractivity (Wildman–Crippen MR) is 122 cm³/mol. The lowest BCUT2D eigenvalue weighted by atomic mass is 9.88. The van der Waals surface area contributed by atoms with Gasteiger partial charge < -0.3 is 9.47 Å². The number of carbonyl (C=O) groups excluding carboxylic acids is 1. The molecule has 0 radical (unpaired) electrons. The first-order valence-corrected chi connectivity index (χ1v) is 11.9. The molecule has 4 heterocycles. The van der Waals surface area contributed by atoms with Crippen molar-refractivity contribution in [1.82, 2.24) is 4.68 Å². The van der Waals surface area contributed by atoms with E-state index in [1.54, 1.807) is 12.3 Å². The zero-order chi connectivity index (χ0) is 22.2. The van der Waals surface area contributed by atoms with Crippen LogP contribution in [-0.4, -0.2) is 29.2 Å². The van der Waals surface area contributed by atoms with Crippen molar-refractivity contribution < 1.29 is 14.3 Å². The van der Waals surface area contributed by atoms with E-state index in [-0.39, 0.29) is 28.4 Å². The molecule has 4 aliphatic rings. The molecule has 32 heavy (non-hydrogen) atoms. The highest BCUT2D eigenvalue weighted by atomic mass is 16.5. The number of benzene rings is 1. The Bertz CT molecular complexity index is 1190. The van der Waals surface area contributed by atoms with Crippen molar-refractivity contribution in [2.45, 2.75) is 70.9 Å². The summed E-state index contributed by atoms with van der Waals surface area (Å²) in [4.78, 5) is 25.0. The molecule has 1 aliphatic carbocycles. The third-order valence-corrected chi connectivity index (χ3v) is 7.66. The van der Waals surface area contributed by atoms with E-state index in [2.05, 4.69) is 29.6 Å². The second-order valence-electron chi connectivity index (χ2n) is 10.4. The van der Waals surface area contributed by atoms with Crippen LogP contribution in [0, 0.1) is 5.92 Å². The van der Waals surface area contributed by atoms with Gasteiger partial charge in [0.05, 0.1) is 36.1 Å². The summed E-state index contributed by atoms with van der Waals surface area (Å²) in [6.07, 6.45) is 8.35. The summed E-state index contributed by atoms with van der Waals surface area (Å²) in [6.45, 7) is 7.27. The van der Waals surface area contributed by atoms with E-state index in [1.807, 2.05) is 0 Å². The van der Waals surface area contributed by atoms with Gasteiger partial charge in [0.25, 0.3) is 0 Å². The maximum Gasteiger partial charge on any atom is 0.193 e. The van der Waals surface area contributed by atoms with Crippen LogP contribution in [0.5, 0.6) is 11.5 Å². The lowest BCUT2D eigenvalue weighted by Crippen LogP contribution is -2.50. The fraction of sp³-hybridized carbons (Fsp3) is 0.538. The molecule has 0 bridgehead atoms. The van der Waals surface area contributed by atoms with Crippen molar-refractivity contribution >= 4 is 5.78 Å². The monoisotopic (exact) mass is 434 g/mol. The molecule has 3 aliphatic heterocycles. The van der Waals surface area contributed by atoms with Crippen LogP contribution >= 0.6 is 0 Å². The Morgan fingerprint density at radius 2 is 2.06 bits per heavy atom. The van der Waals surface area contributed by atoms with E-state index in [0.717, 1.165) is 66.5 Å². The van der Waals surface area contributed by atoms with Crippen LogP contribution in [0.4, 0.5) is 0 Å². The van der Waals surface area contributed by atoms with Gasteiger partial charge in [0.15, 0.2) is 22.7 Å². The number of Topliss-reactive ketones (excluding diaryl/α,β-unsaturated/α-hetero) is 1. The molecule has 2 aromatic rings. The van der Waals surface area contributed by atoms with E-state index < -0.39 is 0 Å². The van der Waals surface area contributed by atoms with Gasteiger partial charge in [-0.05, 0) is 57.6 Å². The summed E-state index contributed by atoms with van der Waals surface area (Å²) in [5, 5.41) is 2.35. The lowest BCUT2D eigenvalue weighted by Gasteiger charge is -2.45. The molecule has 6 nitrogen and oxygen atoms in total. The summed E-state index contributed by atoms with van der Waals surface area (Å²) in [7, 11) is 0. The number of pyridine rings is 1. The van der Waals surface area contributed by atoms with Crippen molar-refractivity contribution in [2.75, 3.05) is 18.2 Å². The minimum atomic E-state index is -0.220. The van der Waals surface area contributed by atoms with Gasteiger partial charge in [-0.3, -0.25) is 19.3 Å². The number of hydrogen-bond acceptors (Lipinski definition) is 5. The summed E-state index contributed by atoms with van der Waals surface area (Å²) >= 11 is 0. The molecule has 1 saturated heterocycles. The smallest absolute Gasteiger partial charge is 0.193 e. The fourth-order valence-electron chi connectivity index (χ4n) is 5.81. The third kappa shape index (κ3) is 2.91. The number of ether oxygens (including phenoxy) is 2. The molecule has 168 valence electrons. The number of ketones is 1. The highest BCUT2D eigenvalue weighted by molar-refractivity contribution is 5.94. The second-order valence-corrected chi connectivity index (χ2v) is 10.4. The van der Waals surface area contributed by atoms with Gasteiger partial charge in [0, 0.05) is 29.8 Å². The molecule has 2 fully saturated rings. The highest BCUT2D eigenvalue weighted by Crippen LogP contribution is 2.53. The molecule has 0 amide bonds. The topological polar surface area (TPSA) is 60.8 Å². The highest BCUT2D eigenvalue weighted by Gasteiger charge is 2.46. The summed E-state index contributed by atoms with van der Waals surface area (Å²) in [5.41, 5.74) is 4.23. The number of rotatable bonds is 5. The van der Waals surface area contributed by atoms with Crippen LogP contribution in [0.25, 0.3) is 11.3 Å². The average molecular weight is 435 g/mol. The molecule has 6 rings (SSSR count). The maximum absolute atomic E-state index is 12.9. The van der Waals surface area contributed by atoms with Crippen LogP contribution < -0.4 is 19.9 Å². The van der Waals surface area contributed by atoms with Gasteiger partial charge in [-0.15, -0.1) is 0 Å². The zero-order valence-corrected chi connectivity index (χ0v) is 19.1. The van der Waals surface area contributed by atoms with Crippen molar-refractivity contribution in [1.29, 1.82) is 0 Å². The predicted octanol–water partition coefficient (Wildman–Crippen LogP) is 4.40. The minimum absolute atomic E-state index is 0.0945. The Labute approximate surface area is 188 Å². The minimum Gasteiger partial charge on any atom is -0.490 e. The summed E-state index contributed by atoms with van der Waals surface area (Å²) in [6, 6.07) is 3.98. The standard InChI is InChI=1S/C26H30N2O4/c1-15(29)19-14-27-21(13-22(19)30)24-17-8-11-32-25(17)23(31-10-7-16-4-5-16)12-18(24)20-6-9-26(2,3)28(20)27/h12-14,16,20H,4-11H2,1-3H3/t20-/m0/s1. The SMILES string of the molecule is CC(=O)c1cn2c(cc1=O)-c1c(cc(OCCC3CC3)c3c1CCO3)[C@@H]1CCC(C)(C)N12. The Hall–Kier alpha value is -2.76. The van der Waals surface area contributed by atoms with Gasteiger partial charge >= 0.3 is 0 Å². The van der Waals surface area contributed by atoms with Crippen LogP contribution in [0.2, 0.25) is 0 Å². The Morgan fingerprint density at radius 3 is 2.81 bits per heavy atom. The normalized spacial score (nSPS) is 22.0. The van der Waals surface area contributed by atoms with E-state index in [1.165, 1.54) is 25.3 Å². The zero-order valence-electron chi connectivity index (χ0n) is 19.1. The van der Waals surface area contributed by atoms with Gasteiger partial charge in [-0.1, -0.05) is 12.8 Å². The lowest BCUT2D eigenvalue weighted by molar-refractivity contribution is 0.101. The van der Waals surface area contributed by atoms with Crippen molar-refractivity contribution in [2.24, 2.45) is 5.92 Å². The van der Waals surface area contributed by atoms with Gasteiger partial charge in [0.1, 0.15) is 0 Å². The molecule has 1 saturated carbocycles. The average Bonchev–Trinajstić information content (AvgIpc) is 3.32. The van der Waals surface area contributed by atoms with Crippen LogP contribution in [0.3, 0.4) is 0 Å². The van der Waals surface area contributed by atoms with E-state index in [0.29, 0.717) is 6.61 Å². The first-order chi connectivity index (χ1) is 15.3. The number of nitrogens with zero attached hydrogens (tertiary/aromatic N) is 2. The van der Waals surface area contributed by atoms with Crippen molar-refractivity contribution in [3.05, 3.63) is 45.2 Å².